The number of ether oxygens (including phenoxy) is 1. The fourth-order valence-electron chi connectivity index (χ4n) is 3.37. The number of hydrogen-bond donors (Lipinski definition) is 1. The SMILES string of the molecule is COc1cccc(C(=O)NN(C(=O)c2cc(C)cc(C)c2)C(=CC#N)C(C)(C)C)c1C. The Balaban J connectivity index is 2.57. The first-order valence-electron chi connectivity index (χ1n) is 9.97. The van der Waals surface area contributed by atoms with Crippen LogP contribution in [0.15, 0.2) is 48.2 Å². The lowest BCUT2D eigenvalue weighted by atomic mass is 9.90. The Morgan fingerprint density at radius 3 is 2.23 bits per heavy atom. The van der Waals surface area contributed by atoms with Crippen molar-refractivity contribution >= 4 is 11.8 Å². The van der Waals surface area contributed by atoms with Gasteiger partial charge in [0.25, 0.3) is 11.8 Å². The first kappa shape index (κ1) is 23.7. The highest BCUT2D eigenvalue weighted by Crippen LogP contribution is 2.29. The number of benzene rings is 2. The first-order chi connectivity index (χ1) is 14.5. The molecular formula is C25H29N3O3. The molecule has 2 rings (SSSR count). The molecule has 6 nitrogen and oxygen atoms in total. The number of methoxy groups -OCH3 is 1. The zero-order chi connectivity index (χ0) is 23.3. The van der Waals surface area contributed by atoms with Crippen LogP contribution < -0.4 is 10.2 Å². The van der Waals surface area contributed by atoms with Gasteiger partial charge in [-0.2, -0.15) is 5.26 Å². The minimum absolute atomic E-state index is 0.378. The predicted molar refractivity (Wildman–Crippen MR) is 120 cm³/mol. The number of rotatable bonds is 4. The lowest BCUT2D eigenvalue weighted by Crippen LogP contribution is -2.48. The number of hydrogen-bond acceptors (Lipinski definition) is 4. The third kappa shape index (κ3) is 5.52. The molecular weight excluding hydrogens is 390 g/mol. The van der Waals surface area contributed by atoms with Crippen LogP contribution in [0.25, 0.3) is 0 Å². The maximum Gasteiger partial charge on any atom is 0.276 e. The number of nitriles is 1. The Kier molecular flexibility index (Phi) is 7.24. The largest absolute Gasteiger partial charge is 0.496 e. The van der Waals surface area contributed by atoms with E-state index >= 15 is 0 Å². The molecule has 0 aliphatic heterocycles. The number of hydrazine groups is 1. The second kappa shape index (κ2) is 9.48. The molecule has 0 aliphatic carbocycles. The van der Waals surface area contributed by atoms with Crippen LogP contribution >= 0.6 is 0 Å². The van der Waals surface area contributed by atoms with E-state index in [0.29, 0.717) is 28.1 Å². The van der Waals surface area contributed by atoms with E-state index in [1.807, 2.05) is 46.8 Å². The van der Waals surface area contributed by atoms with Crippen LogP contribution in [0.5, 0.6) is 5.75 Å². The quantitative estimate of drug-likeness (QED) is 0.567. The second-order valence-corrected chi connectivity index (χ2v) is 8.50. The van der Waals surface area contributed by atoms with E-state index in [4.69, 9.17) is 4.74 Å². The van der Waals surface area contributed by atoms with Crippen molar-refractivity contribution < 1.29 is 14.3 Å². The lowest BCUT2D eigenvalue weighted by molar-refractivity contribution is 0.0610. The van der Waals surface area contributed by atoms with Crippen LogP contribution in [0.4, 0.5) is 0 Å². The molecule has 2 aromatic carbocycles. The molecule has 0 radical (unpaired) electrons. The van der Waals surface area contributed by atoms with Gasteiger partial charge < -0.3 is 4.74 Å². The highest BCUT2D eigenvalue weighted by atomic mass is 16.5. The standard InChI is InChI=1S/C25H29N3O3/c1-16-13-17(2)15-19(14-16)24(30)28(22(11-12-26)25(4,5)6)27-23(29)20-9-8-10-21(31-7)18(20)3/h8-11,13-15H,1-7H3,(H,27,29). The molecule has 0 fully saturated rings. The maximum absolute atomic E-state index is 13.5. The van der Waals surface area contributed by atoms with Crippen LogP contribution in [0.2, 0.25) is 0 Å². The summed E-state index contributed by atoms with van der Waals surface area (Å²) in [7, 11) is 1.54. The predicted octanol–water partition coefficient (Wildman–Crippen LogP) is 4.86. The summed E-state index contributed by atoms with van der Waals surface area (Å²) in [5, 5.41) is 10.5. The molecule has 2 amide bonds. The van der Waals surface area contributed by atoms with Gasteiger partial charge in [-0.3, -0.25) is 15.0 Å². The van der Waals surface area contributed by atoms with Gasteiger partial charge >= 0.3 is 0 Å². The first-order valence-corrected chi connectivity index (χ1v) is 9.97. The number of carbonyl (C=O) groups is 2. The summed E-state index contributed by atoms with van der Waals surface area (Å²) in [4.78, 5) is 26.7. The number of nitrogens with zero attached hydrogens (tertiary/aromatic N) is 2. The van der Waals surface area contributed by atoms with E-state index in [2.05, 4.69) is 5.43 Å². The van der Waals surface area contributed by atoms with Gasteiger partial charge in [0.2, 0.25) is 0 Å². The van der Waals surface area contributed by atoms with E-state index in [-0.39, 0.29) is 0 Å². The number of allylic oxidation sites excluding steroid dienone is 2. The van der Waals surface area contributed by atoms with E-state index in [9.17, 15) is 14.9 Å². The third-order valence-corrected chi connectivity index (χ3v) is 4.84. The lowest BCUT2D eigenvalue weighted by Gasteiger charge is -2.33. The normalized spacial score (nSPS) is 11.5. The minimum Gasteiger partial charge on any atom is -0.496 e. The summed E-state index contributed by atoms with van der Waals surface area (Å²) < 4.78 is 5.31. The van der Waals surface area contributed by atoms with Crippen LogP contribution in [0.1, 0.15) is 58.2 Å². The summed E-state index contributed by atoms with van der Waals surface area (Å²) >= 11 is 0. The molecule has 0 bridgehead atoms. The number of carbonyl (C=O) groups excluding carboxylic acids is 2. The van der Waals surface area contributed by atoms with Crippen LogP contribution in [-0.4, -0.2) is 23.9 Å². The smallest absolute Gasteiger partial charge is 0.276 e. The van der Waals surface area contributed by atoms with Gasteiger partial charge in [0, 0.05) is 28.2 Å². The maximum atomic E-state index is 13.5. The summed E-state index contributed by atoms with van der Waals surface area (Å²) in [5.74, 6) is -0.317. The monoisotopic (exact) mass is 419 g/mol. The molecule has 0 atom stereocenters. The van der Waals surface area contributed by atoms with Crippen molar-refractivity contribution in [3.8, 4) is 11.8 Å². The minimum atomic E-state index is -0.582. The molecule has 0 unspecified atom stereocenters. The van der Waals surface area contributed by atoms with Crippen molar-refractivity contribution in [1.82, 2.24) is 10.4 Å². The van der Waals surface area contributed by atoms with E-state index in [1.54, 1.807) is 37.3 Å². The highest BCUT2D eigenvalue weighted by molar-refractivity contribution is 6.01. The van der Waals surface area contributed by atoms with Crippen molar-refractivity contribution in [3.05, 3.63) is 76.0 Å². The topological polar surface area (TPSA) is 82.4 Å². The summed E-state index contributed by atoms with van der Waals surface area (Å²) in [6, 6.07) is 12.6. The van der Waals surface area contributed by atoms with Gasteiger partial charge in [-0.15, -0.1) is 0 Å². The Labute approximate surface area is 184 Å². The summed E-state index contributed by atoms with van der Waals surface area (Å²) in [6.07, 6.45) is 1.29. The van der Waals surface area contributed by atoms with E-state index in [1.165, 1.54) is 18.2 Å². The average Bonchev–Trinajstić information content (AvgIpc) is 2.68. The summed E-state index contributed by atoms with van der Waals surface area (Å²) in [6.45, 7) is 11.2. The Morgan fingerprint density at radius 2 is 1.71 bits per heavy atom. The van der Waals surface area contributed by atoms with Crippen molar-refractivity contribution in [2.45, 2.75) is 41.5 Å². The van der Waals surface area contributed by atoms with Gasteiger partial charge in [0.15, 0.2) is 0 Å². The molecule has 6 heteroatoms. The fraction of sp³-hybridized carbons (Fsp3) is 0.320. The number of aryl methyl sites for hydroxylation is 2. The molecule has 0 aromatic heterocycles. The molecule has 0 heterocycles. The zero-order valence-electron chi connectivity index (χ0n) is 19.2. The molecule has 0 aliphatic rings. The molecule has 1 N–H and O–H groups in total. The van der Waals surface area contributed by atoms with E-state index in [0.717, 1.165) is 11.1 Å². The van der Waals surface area contributed by atoms with Gasteiger partial charge in [-0.25, -0.2) is 5.01 Å². The Hall–Kier alpha value is -3.59. The third-order valence-electron chi connectivity index (χ3n) is 4.84. The molecule has 0 saturated carbocycles. The molecule has 31 heavy (non-hydrogen) atoms. The number of nitrogens with one attached hydrogen (secondary N) is 1. The van der Waals surface area contributed by atoms with Gasteiger partial charge in [0.1, 0.15) is 5.75 Å². The van der Waals surface area contributed by atoms with E-state index < -0.39 is 17.2 Å². The molecule has 0 saturated heterocycles. The van der Waals surface area contributed by atoms with Crippen LogP contribution in [-0.2, 0) is 0 Å². The molecule has 0 spiro atoms. The van der Waals surface area contributed by atoms with Crippen molar-refractivity contribution in [2.24, 2.45) is 5.41 Å². The second-order valence-electron chi connectivity index (χ2n) is 8.50. The van der Waals surface area contributed by atoms with Crippen molar-refractivity contribution in [3.63, 3.8) is 0 Å². The van der Waals surface area contributed by atoms with Gasteiger partial charge in [-0.05, 0) is 45.0 Å². The number of amides is 2. The van der Waals surface area contributed by atoms with Crippen LogP contribution in [0.3, 0.4) is 0 Å². The van der Waals surface area contributed by atoms with Gasteiger partial charge in [0.05, 0.1) is 18.9 Å². The van der Waals surface area contributed by atoms with Gasteiger partial charge in [-0.1, -0.05) is 44.0 Å². The zero-order valence-corrected chi connectivity index (χ0v) is 19.2. The fourth-order valence-corrected chi connectivity index (χ4v) is 3.37. The highest BCUT2D eigenvalue weighted by Gasteiger charge is 2.31. The molecule has 2 aromatic rings. The van der Waals surface area contributed by atoms with Crippen molar-refractivity contribution in [2.75, 3.05) is 7.11 Å². The average molecular weight is 420 g/mol. The summed E-state index contributed by atoms with van der Waals surface area (Å²) in [5.41, 5.74) is 5.84. The van der Waals surface area contributed by atoms with Crippen LogP contribution in [0, 0.1) is 37.5 Å². The molecule has 162 valence electrons. The Morgan fingerprint density at radius 1 is 1.10 bits per heavy atom. The Bertz CT molecular complexity index is 1050. The van der Waals surface area contributed by atoms with Crippen molar-refractivity contribution in [1.29, 1.82) is 5.26 Å².